The number of rotatable bonds is 1. The van der Waals surface area contributed by atoms with Crippen LogP contribution in [0.3, 0.4) is 0 Å². The second-order valence-corrected chi connectivity index (χ2v) is 5.76. The van der Waals surface area contributed by atoms with Crippen molar-refractivity contribution in [3.8, 4) is 0 Å². The van der Waals surface area contributed by atoms with Gasteiger partial charge in [0, 0.05) is 13.7 Å². The second-order valence-electron chi connectivity index (χ2n) is 5.76. The summed E-state index contributed by atoms with van der Waals surface area (Å²) >= 11 is 0. The first-order chi connectivity index (χ1) is 8.58. The third kappa shape index (κ3) is 2.03. The van der Waals surface area contributed by atoms with Gasteiger partial charge in [-0.25, -0.2) is 0 Å². The predicted molar refractivity (Wildman–Crippen MR) is 68.8 cm³/mol. The van der Waals surface area contributed by atoms with E-state index in [2.05, 4.69) is 6.92 Å². The maximum atomic E-state index is 12.1. The first kappa shape index (κ1) is 9.87. The molecule has 0 unspecified atom stereocenters. The van der Waals surface area contributed by atoms with Crippen molar-refractivity contribution in [3.05, 3.63) is 35.9 Å². The van der Waals surface area contributed by atoms with Crippen molar-refractivity contribution in [3.63, 3.8) is 0 Å². The zero-order valence-electron chi connectivity index (χ0n) is 11.4. The lowest BCUT2D eigenvalue weighted by atomic mass is 9.76. The molecule has 0 saturated heterocycles. The third-order valence-corrected chi connectivity index (χ3v) is 4.39. The normalized spacial score (nSPS) is 42.1. The minimum absolute atomic E-state index is 0.152. The van der Waals surface area contributed by atoms with E-state index >= 15 is 0 Å². The number of carbonyl (C=O) groups excluding carboxylic acids is 1. The highest BCUT2D eigenvalue weighted by molar-refractivity contribution is 5.82. The molecule has 17 heavy (non-hydrogen) atoms. The summed E-state index contributed by atoms with van der Waals surface area (Å²) in [5.74, 6) is 0.981. The van der Waals surface area contributed by atoms with Gasteiger partial charge < -0.3 is 0 Å². The molecule has 2 aliphatic carbocycles. The fraction of sp³-hybridized carbons (Fsp3) is 0.562. The summed E-state index contributed by atoms with van der Waals surface area (Å²) in [5.41, 5.74) is 1.08. The van der Waals surface area contributed by atoms with Crippen LogP contribution in [-0.4, -0.2) is 5.78 Å². The summed E-state index contributed by atoms with van der Waals surface area (Å²) in [4.78, 5) is 12.1. The molecule has 0 aromatic heterocycles. The van der Waals surface area contributed by atoms with Gasteiger partial charge in [-0.05, 0) is 42.6 Å². The van der Waals surface area contributed by atoms with Gasteiger partial charge >= 0.3 is 0 Å². The molecular weight excluding hydrogens is 208 g/mol. The van der Waals surface area contributed by atoms with Crippen LogP contribution in [0.4, 0.5) is 0 Å². The van der Waals surface area contributed by atoms with E-state index in [1.807, 2.05) is 30.3 Å². The summed E-state index contributed by atoms with van der Waals surface area (Å²) < 4.78 is 8.72. The Labute approximate surface area is 105 Å². The molecule has 4 atom stereocenters. The first-order valence-electron chi connectivity index (χ1n) is 7.17. The standard InChI is InChI=1S/C16H20O/c1-11-7-14-9-13(10-15(14)16(17)8-11)12-5-3-2-4-6-12/h2-6,11,13-15H,7-10H2,1H3/t11-,13-,14+,15+/m1/s1/i13D. The molecule has 0 spiro atoms. The molecule has 1 nitrogen and oxygen atoms in total. The van der Waals surface area contributed by atoms with Crippen LogP contribution >= 0.6 is 0 Å². The van der Waals surface area contributed by atoms with Gasteiger partial charge in [0.2, 0.25) is 0 Å². The molecule has 0 radical (unpaired) electrons. The Hall–Kier alpha value is -1.11. The number of Topliss-reactive ketones (excluding diaryl/α,β-unsaturated/α-hetero) is 1. The zero-order chi connectivity index (χ0) is 12.8. The van der Waals surface area contributed by atoms with Gasteiger partial charge in [0.1, 0.15) is 5.78 Å². The van der Waals surface area contributed by atoms with E-state index in [1.165, 1.54) is 0 Å². The molecule has 1 aromatic carbocycles. The Morgan fingerprint density at radius 1 is 1.18 bits per heavy atom. The molecule has 0 heterocycles. The molecule has 0 N–H and O–H groups in total. The topological polar surface area (TPSA) is 17.1 Å². The minimum atomic E-state index is -0.531. The number of carbonyl (C=O) groups is 1. The second kappa shape index (κ2) is 4.29. The van der Waals surface area contributed by atoms with Gasteiger partial charge in [-0.15, -0.1) is 0 Å². The molecule has 2 aliphatic rings. The van der Waals surface area contributed by atoms with E-state index in [9.17, 15) is 4.79 Å². The Morgan fingerprint density at radius 3 is 2.71 bits per heavy atom. The fourth-order valence-electron chi connectivity index (χ4n) is 3.60. The Bertz CT molecular complexity index is 455. The predicted octanol–water partition coefficient (Wildman–Crippen LogP) is 3.80. The van der Waals surface area contributed by atoms with Crippen LogP contribution in [0, 0.1) is 17.8 Å². The van der Waals surface area contributed by atoms with Crippen molar-refractivity contribution in [2.24, 2.45) is 17.8 Å². The van der Waals surface area contributed by atoms with Crippen molar-refractivity contribution < 1.29 is 6.17 Å². The maximum absolute atomic E-state index is 12.1. The van der Waals surface area contributed by atoms with Gasteiger partial charge in [-0.1, -0.05) is 37.3 Å². The van der Waals surface area contributed by atoms with Crippen molar-refractivity contribution in [1.82, 2.24) is 0 Å². The van der Waals surface area contributed by atoms with E-state index in [-0.39, 0.29) is 5.92 Å². The highest BCUT2D eigenvalue weighted by Crippen LogP contribution is 2.48. The van der Waals surface area contributed by atoms with Gasteiger partial charge in [0.05, 0.1) is 0 Å². The first-order valence-corrected chi connectivity index (χ1v) is 6.67. The highest BCUT2D eigenvalue weighted by Gasteiger charge is 2.42. The van der Waals surface area contributed by atoms with E-state index in [1.54, 1.807) is 0 Å². The van der Waals surface area contributed by atoms with E-state index in [0.717, 1.165) is 31.2 Å². The summed E-state index contributed by atoms with van der Waals surface area (Å²) in [6, 6.07) is 10.1. The van der Waals surface area contributed by atoms with E-state index in [0.29, 0.717) is 17.6 Å². The molecule has 2 saturated carbocycles. The van der Waals surface area contributed by atoms with Gasteiger partial charge in [-0.3, -0.25) is 4.79 Å². The Kier molecular flexibility index (Phi) is 2.49. The molecule has 0 aliphatic heterocycles. The monoisotopic (exact) mass is 229 g/mol. The quantitative estimate of drug-likeness (QED) is 0.716. The fourth-order valence-corrected chi connectivity index (χ4v) is 3.60. The van der Waals surface area contributed by atoms with Gasteiger partial charge in [0.15, 0.2) is 0 Å². The van der Waals surface area contributed by atoms with Crippen molar-refractivity contribution in [2.75, 3.05) is 0 Å². The zero-order valence-corrected chi connectivity index (χ0v) is 10.4. The number of hydrogen-bond acceptors (Lipinski definition) is 1. The largest absolute Gasteiger partial charge is 0.299 e. The third-order valence-electron chi connectivity index (χ3n) is 4.39. The lowest BCUT2D eigenvalue weighted by Gasteiger charge is -2.28. The van der Waals surface area contributed by atoms with Crippen LogP contribution < -0.4 is 0 Å². The van der Waals surface area contributed by atoms with Crippen LogP contribution in [0.1, 0.15) is 45.4 Å². The minimum Gasteiger partial charge on any atom is -0.299 e. The maximum Gasteiger partial charge on any atom is 0.136 e. The summed E-state index contributed by atoms with van der Waals surface area (Å²) in [5, 5.41) is 0. The van der Waals surface area contributed by atoms with Crippen LogP contribution in [0.15, 0.2) is 30.3 Å². The lowest BCUT2D eigenvalue weighted by Crippen LogP contribution is -2.28. The Balaban J connectivity index is 1.88. The van der Waals surface area contributed by atoms with Gasteiger partial charge in [0.25, 0.3) is 0 Å². The average molecular weight is 229 g/mol. The van der Waals surface area contributed by atoms with Crippen LogP contribution in [0.25, 0.3) is 0 Å². The smallest absolute Gasteiger partial charge is 0.136 e. The highest BCUT2D eigenvalue weighted by atomic mass is 16.1. The van der Waals surface area contributed by atoms with Crippen LogP contribution in [-0.2, 0) is 4.79 Å². The number of hydrogen-bond donors (Lipinski definition) is 0. The van der Waals surface area contributed by atoms with Crippen molar-refractivity contribution >= 4 is 5.78 Å². The molecule has 2 fully saturated rings. The lowest BCUT2D eigenvalue weighted by molar-refractivity contribution is -0.127. The van der Waals surface area contributed by atoms with Crippen molar-refractivity contribution in [2.45, 2.75) is 38.5 Å². The SMILES string of the molecule is [2H][C@@]1(c2ccccc2)C[C@@H]2C[C@@H](C)CC(=O)[C@H]2C1. The number of benzene rings is 1. The Morgan fingerprint density at radius 2 is 1.94 bits per heavy atom. The summed E-state index contributed by atoms with van der Waals surface area (Å²) in [7, 11) is 0. The summed E-state index contributed by atoms with van der Waals surface area (Å²) in [6.07, 6.45) is 3.45. The molecule has 90 valence electrons. The van der Waals surface area contributed by atoms with E-state index < -0.39 is 5.89 Å². The molecular formula is C16H20O. The molecule has 1 aromatic rings. The number of ketones is 1. The van der Waals surface area contributed by atoms with Gasteiger partial charge in [-0.2, -0.15) is 0 Å². The number of fused-ring (bicyclic) bond motifs is 1. The van der Waals surface area contributed by atoms with Crippen LogP contribution in [0.5, 0.6) is 0 Å². The molecule has 0 amide bonds. The molecule has 0 bridgehead atoms. The van der Waals surface area contributed by atoms with Crippen LogP contribution in [0.2, 0.25) is 0 Å². The average Bonchev–Trinajstić information content (AvgIpc) is 2.69. The molecule has 3 rings (SSSR count). The molecule has 1 heteroatoms. The summed E-state index contributed by atoms with van der Waals surface area (Å²) in [6.45, 7) is 2.17. The van der Waals surface area contributed by atoms with Crippen molar-refractivity contribution in [1.29, 1.82) is 0 Å². The van der Waals surface area contributed by atoms with E-state index in [4.69, 9.17) is 1.37 Å².